The second-order valence-electron chi connectivity index (χ2n) is 9.78. The first-order valence-electron chi connectivity index (χ1n) is 11.3. The number of hydrogen-bond donors (Lipinski definition) is 2. The molecule has 4 saturated carbocycles. The summed E-state index contributed by atoms with van der Waals surface area (Å²) >= 11 is 0. The van der Waals surface area contributed by atoms with Gasteiger partial charge in [0.15, 0.2) is 0 Å². The summed E-state index contributed by atoms with van der Waals surface area (Å²) in [5.74, 6) is 2.49. The summed E-state index contributed by atoms with van der Waals surface area (Å²) < 4.78 is 11.1. The Morgan fingerprint density at radius 2 is 1.71 bits per heavy atom. The maximum absolute atomic E-state index is 12.5. The second kappa shape index (κ2) is 9.12. The number of carbonyl (C=O) groups is 2. The van der Waals surface area contributed by atoms with Crippen molar-refractivity contribution >= 4 is 11.8 Å². The van der Waals surface area contributed by atoms with E-state index in [1.165, 1.54) is 38.5 Å². The summed E-state index contributed by atoms with van der Waals surface area (Å²) in [6.45, 7) is 2.78. The second-order valence-corrected chi connectivity index (χ2v) is 9.78. The van der Waals surface area contributed by atoms with Crippen molar-refractivity contribution in [2.24, 2.45) is 23.2 Å². The minimum absolute atomic E-state index is 0.0528. The molecule has 0 spiro atoms. The molecule has 0 radical (unpaired) electrons. The van der Waals surface area contributed by atoms with Crippen LogP contribution < -0.4 is 10.6 Å². The van der Waals surface area contributed by atoms with E-state index in [0.717, 1.165) is 43.6 Å². The van der Waals surface area contributed by atoms with E-state index in [-0.39, 0.29) is 29.9 Å². The van der Waals surface area contributed by atoms with Crippen molar-refractivity contribution in [2.45, 2.75) is 70.3 Å². The van der Waals surface area contributed by atoms with Crippen LogP contribution in [0.5, 0.6) is 0 Å². The number of nitrogens with one attached hydrogen (secondary N) is 2. The molecule has 1 atom stereocenters. The van der Waals surface area contributed by atoms with Gasteiger partial charge in [-0.2, -0.15) is 0 Å². The van der Waals surface area contributed by atoms with Gasteiger partial charge in [-0.3, -0.25) is 9.59 Å². The normalized spacial score (nSPS) is 35.9. The van der Waals surface area contributed by atoms with Crippen molar-refractivity contribution in [1.29, 1.82) is 0 Å². The lowest BCUT2D eigenvalue weighted by molar-refractivity contribution is -0.131. The molecule has 1 saturated heterocycles. The highest BCUT2D eigenvalue weighted by Crippen LogP contribution is 2.61. The van der Waals surface area contributed by atoms with Crippen LogP contribution in [0.15, 0.2) is 0 Å². The lowest BCUT2D eigenvalue weighted by atomic mass is 9.49. The van der Waals surface area contributed by atoms with Crippen molar-refractivity contribution in [2.75, 3.05) is 32.9 Å². The van der Waals surface area contributed by atoms with Crippen LogP contribution in [-0.2, 0) is 19.1 Å². The third kappa shape index (κ3) is 5.26. The fourth-order valence-electron chi connectivity index (χ4n) is 6.54. The lowest BCUT2D eigenvalue weighted by Gasteiger charge is -2.56. The fourth-order valence-corrected chi connectivity index (χ4v) is 6.54. The van der Waals surface area contributed by atoms with E-state index < -0.39 is 0 Å². The molecule has 158 valence electrons. The maximum atomic E-state index is 12.5. The Hall–Kier alpha value is -1.14. The number of ether oxygens (including phenoxy) is 2. The first-order chi connectivity index (χ1) is 13.6. The smallest absolute Gasteiger partial charge is 0.239 e. The third-order valence-electron chi connectivity index (χ3n) is 7.26. The zero-order chi connectivity index (χ0) is 19.4. The highest BCUT2D eigenvalue weighted by molar-refractivity contribution is 5.84. The molecule has 0 aromatic rings. The molecule has 5 rings (SSSR count). The topological polar surface area (TPSA) is 76.7 Å². The molecule has 0 aromatic carbocycles. The molecule has 6 nitrogen and oxygen atoms in total. The fraction of sp³-hybridized carbons (Fsp3) is 0.909. The molecule has 5 aliphatic rings. The molecule has 4 bridgehead atoms. The van der Waals surface area contributed by atoms with Crippen molar-refractivity contribution in [1.82, 2.24) is 10.6 Å². The van der Waals surface area contributed by atoms with Crippen molar-refractivity contribution in [3.8, 4) is 0 Å². The molecule has 2 N–H and O–H groups in total. The Kier molecular flexibility index (Phi) is 6.56. The van der Waals surface area contributed by atoms with Crippen LogP contribution in [0.2, 0.25) is 0 Å². The summed E-state index contributed by atoms with van der Waals surface area (Å²) in [5.41, 5.74) is 0.232. The van der Waals surface area contributed by atoms with E-state index in [1.807, 2.05) is 0 Å². The predicted molar refractivity (Wildman–Crippen MR) is 106 cm³/mol. The van der Waals surface area contributed by atoms with Crippen LogP contribution in [0.25, 0.3) is 0 Å². The summed E-state index contributed by atoms with van der Waals surface area (Å²) in [4.78, 5) is 24.4. The molecular weight excluding hydrogens is 356 g/mol. The van der Waals surface area contributed by atoms with Crippen LogP contribution >= 0.6 is 0 Å². The molecule has 0 aromatic heterocycles. The minimum atomic E-state index is -0.113. The van der Waals surface area contributed by atoms with Crippen LogP contribution in [0.3, 0.4) is 0 Å². The average Bonchev–Trinajstić information content (AvgIpc) is 3.15. The van der Waals surface area contributed by atoms with E-state index in [4.69, 9.17) is 9.47 Å². The molecule has 4 aliphatic carbocycles. The molecular formula is C22H36N2O4. The summed E-state index contributed by atoms with van der Waals surface area (Å²) in [5, 5.41) is 5.71. The van der Waals surface area contributed by atoms with Crippen LogP contribution in [0.4, 0.5) is 0 Å². The Labute approximate surface area is 168 Å². The monoisotopic (exact) mass is 392 g/mol. The van der Waals surface area contributed by atoms with Gasteiger partial charge in [0.05, 0.1) is 19.3 Å². The number of hydrogen-bond acceptors (Lipinski definition) is 4. The minimum Gasteiger partial charge on any atom is -0.379 e. The van der Waals surface area contributed by atoms with E-state index in [9.17, 15) is 9.59 Å². The van der Waals surface area contributed by atoms with Gasteiger partial charge in [0.25, 0.3) is 0 Å². The summed E-state index contributed by atoms with van der Waals surface area (Å²) in [7, 11) is 0. The zero-order valence-electron chi connectivity index (χ0n) is 17.0. The lowest BCUT2D eigenvalue weighted by Crippen LogP contribution is -2.48. The Morgan fingerprint density at radius 1 is 1.00 bits per heavy atom. The van der Waals surface area contributed by atoms with E-state index in [2.05, 4.69) is 10.6 Å². The number of carbonyl (C=O) groups excluding carboxylic acids is 2. The van der Waals surface area contributed by atoms with Crippen LogP contribution in [0.1, 0.15) is 64.2 Å². The quantitative estimate of drug-likeness (QED) is 0.560. The standard InChI is InChI=1S/C22H36N2O4/c25-20(13-22-10-16-7-17(11-22)9-18(8-16)12-22)24-14-21(26)23-4-2-5-27-15-19-3-1-6-28-19/h16-19H,1-15H2,(H,23,26)(H,24,25). The molecule has 5 fully saturated rings. The summed E-state index contributed by atoms with van der Waals surface area (Å²) in [6.07, 6.45) is 11.7. The number of rotatable bonds is 10. The van der Waals surface area contributed by atoms with Crippen molar-refractivity contribution < 1.29 is 19.1 Å². The first-order valence-corrected chi connectivity index (χ1v) is 11.3. The van der Waals surface area contributed by atoms with Gasteiger partial charge in [0.2, 0.25) is 11.8 Å². The molecule has 1 aliphatic heterocycles. The molecule has 28 heavy (non-hydrogen) atoms. The van der Waals surface area contributed by atoms with E-state index in [1.54, 1.807) is 0 Å². The largest absolute Gasteiger partial charge is 0.379 e. The van der Waals surface area contributed by atoms with Gasteiger partial charge >= 0.3 is 0 Å². The molecule has 1 heterocycles. The van der Waals surface area contributed by atoms with Gasteiger partial charge < -0.3 is 20.1 Å². The van der Waals surface area contributed by atoms with Crippen molar-refractivity contribution in [3.63, 3.8) is 0 Å². The van der Waals surface area contributed by atoms with Gasteiger partial charge in [-0.25, -0.2) is 0 Å². The van der Waals surface area contributed by atoms with Crippen molar-refractivity contribution in [3.05, 3.63) is 0 Å². The molecule has 6 heteroatoms. The predicted octanol–water partition coefficient (Wildman–Crippen LogP) is 2.41. The van der Waals surface area contributed by atoms with Gasteiger partial charge in [0.1, 0.15) is 0 Å². The van der Waals surface area contributed by atoms with Crippen LogP contribution in [0, 0.1) is 23.2 Å². The Morgan fingerprint density at radius 3 is 2.36 bits per heavy atom. The zero-order valence-corrected chi connectivity index (χ0v) is 17.0. The third-order valence-corrected chi connectivity index (χ3v) is 7.26. The highest BCUT2D eigenvalue weighted by atomic mass is 16.5. The van der Waals surface area contributed by atoms with Gasteiger partial charge in [-0.15, -0.1) is 0 Å². The van der Waals surface area contributed by atoms with E-state index >= 15 is 0 Å². The van der Waals surface area contributed by atoms with Crippen LogP contribution in [-0.4, -0.2) is 50.8 Å². The SMILES string of the molecule is O=C(CNC(=O)CC12CC3CC(CC(C3)C1)C2)NCCCOCC1CCCO1. The van der Waals surface area contributed by atoms with Gasteiger partial charge in [0, 0.05) is 26.2 Å². The number of amides is 2. The Bertz CT molecular complexity index is 523. The Balaban J connectivity index is 1.06. The summed E-state index contributed by atoms with van der Waals surface area (Å²) in [6, 6.07) is 0. The van der Waals surface area contributed by atoms with Gasteiger partial charge in [-0.05, 0) is 81.0 Å². The van der Waals surface area contributed by atoms with E-state index in [0.29, 0.717) is 26.2 Å². The molecule has 1 unspecified atom stereocenters. The average molecular weight is 393 g/mol. The molecule has 2 amide bonds. The highest BCUT2D eigenvalue weighted by Gasteiger charge is 2.51. The first kappa shape index (κ1) is 20.1. The maximum Gasteiger partial charge on any atom is 0.239 e. The van der Waals surface area contributed by atoms with Gasteiger partial charge in [-0.1, -0.05) is 0 Å².